The predicted molar refractivity (Wildman–Crippen MR) is 86.0 cm³/mol. The quantitative estimate of drug-likeness (QED) is 0.785. The number of esters is 1. The van der Waals surface area contributed by atoms with Crippen molar-refractivity contribution in [2.24, 2.45) is 0 Å². The summed E-state index contributed by atoms with van der Waals surface area (Å²) in [5, 5.41) is 1.89. The first-order chi connectivity index (χ1) is 11.6. The molecule has 1 amide bonds. The summed E-state index contributed by atoms with van der Waals surface area (Å²) in [6, 6.07) is 3.04. The van der Waals surface area contributed by atoms with Crippen LogP contribution in [0.15, 0.2) is 18.2 Å². The Bertz CT molecular complexity index is 844. The number of aromatic nitrogens is 1. The fourth-order valence-corrected chi connectivity index (χ4v) is 2.62. The van der Waals surface area contributed by atoms with Gasteiger partial charge in [-0.3, -0.25) is 4.79 Å². The van der Waals surface area contributed by atoms with E-state index >= 15 is 0 Å². The van der Waals surface area contributed by atoms with Crippen molar-refractivity contribution in [2.45, 2.75) is 20.0 Å². The van der Waals surface area contributed by atoms with Crippen molar-refractivity contribution >= 4 is 29.2 Å². The molecular weight excluding hydrogens is 361 g/mol. The molecule has 5 nitrogen and oxygen atoms in total. The number of alkyl halides is 3. The van der Waals surface area contributed by atoms with E-state index in [-0.39, 0.29) is 16.9 Å². The number of amides is 1. The van der Waals surface area contributed by atoms with E-state index in [1.165, 1.54) is 20.1 Å². The topological polar surface area (TPSA) is 71.2 Å². The molecule has 0 aliphatic rings. The smallest absolute Gasteiger partial charge is 0.417 e. The number of anilines is 1. The Morgan fingerprint density at radius 2 is 1.88 bits per heavy atom. The van der Waals surface area contributed by atoms with Crippen LogP contribution in [0.4, 0.5) is 18.9 Å². The predicted octanol–water partition coefficient (Wildman–Crippen LogP) is 4.34. The molecule has 0 radical (unpaired) electrons. The molecule has 9 heteroatoms. The molecule has 0 saturated heterocycles. The summed E-state index contributed by atoms with van der Waals surface area (Å²) >= 11 is 5.54. The molecule has 134 valence electrons. The first-order valence-corrected chi connectivity index (χ1v) is 7.39. The van der Waals surface area contributed by atoms with Gasteiger partial charge in [0.1, 0.15) is 5.69 Å². The summed E-state index contributed by atoms with van der Waals surface area (Å²) in [6.07, 6.45) is -4.64. The van der Waals surface area contributed by atoms with Crippen LogP contribution in [0.1, 0.15) is 37.7 Å². The monoisotopic (exact) mass is 374 g/mol. The zero-order chi connectivity index (χ0) is 18.9. The minimum Gasteiger partial charge on any atom is -0.465 e. The van der Waals surface area contributed by atoms with Gasteiger partial charge in [-0.15, -0.1) is 0 Å². The number of benzene rings is 1. The molecular formula is C16H14ClF3N2O3. The Morgan fingerprint density at radius 1 is 1.24 bits per heavy atom. The molecule has 2 rings (SSSR count). The van der Waals surface area contributed by atoms with Crippen LogP contribution in [0.2, 0.25) is 5.02 Å². The number of carbonyl (C=O) groups excluding carboxylic acids is 2. The van der Waals surface area contributed by atoms with Gasteiger partial charge in [0.15, 0.2) is 0 Å². The molecule has 0 aliphatic carbocycles. The fourth-order valence-electron chi connectivity index (χ4n) is 2.40. The van der Waals surface area contributed by atoms with E-state index < -0.39 is 28.6 Å². The number of ether oxygens (including phenoxy) is 1. The average molecular weight is 375 g/mol. The molecule has 25 heavy (non-hydrogen) atoms. The highest BCUT2D eigenvalue weighted by Gasteiger charge is 2.33. The van der Waals surface area contributed by atoms with Gasteiger partial charge in [-0.1, -0.05) is 11.6 Å². The van der Waals surface area contributed by atoms with Crippen LogP contribution in [0.3, 0.4) is 0 Å². The van der Waals surface area contributed by atoms with Crippen molar-refractivity contribution in [3.63, 3.8) is 0 Å². The highest BCUT2D eigenvalue weighted by atomic mass is 35.5. The summed E-state index contributed by atoms with van der Waals surface area (Å²) < 4.78 is 43.3. The third kappa shape index (κ3) is 3.79. The first kappa shape index (κ1) is 18.9. The molecule has 1 aromatic heterocycles. The number of rotatable bonds is 3. The van der Waals surface area contributed by atoms with Gasteiger partial charge in [0.25, 0.3) is 5.91 Å². The fraction of sp³-hybridized carbons (Fsp3) is 0.250. The number of aryl methyl sites for hydroxylation is 1. The van der Waals surface area contributed by atoms with E-state index in [1.54, 1.807) is 6.92 Å². The Balaban J connectivity index is 2.34. The zero-order valence-corrected chi connectivity index (χ0v) is 14.2. The van der Waals surface area contributed by atoms with E-state index in [0.29, 0.717) is 11.3 Å². The third-order valence-electron chi connectivity index (χ3n) is 3.58. The minimum atomic E-state index is -4.64. The lowest BCUT2D eigenvalue weighted by Gasteiger charge is -2.11. The minimum absolute atomic E-state index is 0.0569. The SMILES string of the molecule is COC(=O)c1c(C)[nH]c(C(=O)Nc2ccc(Cl)c(C(F)(F)F)c2)c1C. The van der Waals surface area contributed by atoms with Gasteiger partial charge in [0, 0.05) is 11.4 Å². The Hall–Kier alpha value is -2.48. The summed E-state index contributed by atoms with van der Waals surface area (Å²) in [5.41, 5.74) is -0.107. The lowest BCUT2D eigenvalue weighted by molar-refractivity contribution is -0.137. The van der Waals surface area contributed by atoms with Crippen molar-refractivity contribution in [1.82, 2.24) is 4.98 Å². The number of hydrogen-bond acceptors (Lipinski definition) is 3. The van der Waals surface area contributed by atoms with E-state index in [4.69, 9.17) is 11.6 Å². The van der Waals surface area contributed by atoms with Crippen LogP contribution in [0.5, 0.6) is 0 Å². The van der Waals surface area contributed by atoms with Crippen molar-refractivity contribution in [3.05, 3.63) is 51.3 Å². The van der Waals surface area contributed by atoms with Crippen LogP contribution in [-0.4, -0.2) is 24.0 Å². The van der Waals surface area contributed by atoms with Crippen LogP contribution < -0.4 is 5.32 Å². The van der Waals surface area contributed by atoms with Gasteiger partial charge < -0.3 is 15.0 Å². The molecule has 0 spiro atoms. The number of carbonyl (C=O) groups is 2. The molecule has 2 aromatic rings. The van der Waals surface area contributed by atoms with E-state index in [1.807, 2.05) is 0 Å². The lowest BCUT2D eigenvalue weighted by Crippen LogP contribution is -2.15. The number of hydrogen-bond donors (Lipinski definition) is 2. The molecule has 0 aliphatic heterocycles. The second-order valence-corrected chi connectivity index (χ2v) is 5.67. The number of halogens is 4. The number of nitrogens with one attached hydrogen (secondary N) is 2. The highest BCUT2D eigenvalue weighted by Crippen LogP contribution is 2.36. The van der Waals surface area contributed by atoms with Gasteiger partial charge in [0.2, 0.25) is 0 Å². The highest BCUT2D eigenvalue weighted by molar-refractivity contribution is 6.31. The Morgan fingerprint density at radius 3 is 2.44 bits per heavy atom. The van der Waals surface area contributed by atoms with Crippen LogP contribution in [0, 0.1) is 13.8 Å². The van der Waals surface area contributed by atoms with Gasteiger partial charge in [-0.25, -0.2) is 4.79 Å². The van der Waals surface area contributed by atoms with E-state index in [9.17, 15) is 22.8 Å². The first-order valence-electron chi connectivity index (χ1n) is 7.01. The number of H-pyrrole nitrogens is 1. The molecule has 0 fully saturated rings. The summed E-state index contributed by atoms with van der Waals surface area (Å²) in [7, 11) is 1.21. The van der Waals surface area contributed by atoms with Crippen molar-refractivity contribution < 1.29 is 27.5 Å². The van der Waals surface area contributed by atoms with Gasteiger partial charge in [-0.05, 0) is 37.6 Å². The molecule has 0 unspecified atom stereocenters. The Labute approximate surface area is 146 Å². The van der Waals surface area contributed by atoms with E-state index in [0.717, 1.165) is 12.1 Å². The molecule has 0 atom stereocenters. The van der Waals surface area contributed by atoms with Crippen molar-refractivity contribution in [1.29, 1.82) is 0 Å². The van der Waals surface area contributed by atoms with Crippen LogP contribution in [-0.2, 0) is 10.9 Å². The van der Waals surface area contributed by atoms with Gasteiger partial charge in [-0.2, -0.15) is 13.2 Å². The Kier molecular flexibility index (Phi) is 5.12. The van der Waals surface area contributed by atoms with Gasteiger partial charge in [0.05, 0.1) is 23.3 Å². The summed E-state index contributed by atoms with van der Waals surface area (Å²) in [6.45, 7) is 3.12. The molecule has 0 saturated carbocycles. The maximum atomic E-state index is 12.9. The maximum Gasteiger partial charge on any atom is 0.417 e. The lowest BCUT2D eigenvalue weighted by atomic mass is 10.1. The summed E-state index contributed by atoms with van der Waals surface area (Å²) in [5.74, 6) is -1.30. The van der Waals surface area contributed by atoms with Crippen molar-refractivity contribution in [3.8, 4) is 0 Å². The molecule has 1 heterocycles. The average Bonchev–Trinajstić information content (AvgIpc) is 2.82. The third-order valence-corrected chi connectivity index (χ3v) is 3.91. The van der Waals surface area contributed by atoms with Crippen molar-refractivity contribution in [2.75, 3.05) is 12.4 Å². The van der Waals surface area contributed by atoms with Crippen LogP contribution in [0.25, 0.3) is 0 Å². The zero-order valence-electron chi connectivity index (χ0n) is 13.5. The molecule has 1 aromatic carbocycles. The van der Waals surface area contributed by atoms with Crippen LogP contribution >= 0.6 is 11.6 Å². The second kappa shape index (κ2) is 6.79. The second-order valence-electron chi connectivity index (χ2n) is 5.26. The van der Waals surface area contributed by atoms with Gasteiger partial charge >= 0.3 is 12.1 Å². The molecule has 2 N–H and O–H groups in total. The largest absolute Gasteiger partial charge is 0.465 e. The van der Waals surface area contributed by atoms with E-state index in [2.05, 4.69) is 15.0 Å². The normalized spacial score (nSPS) is 11.3. The standard InChI is InChI=1S/C16H14ClF3N2O3/c1-7-12(15(24)25-3)8(2)21-13(7)14(23)22-9-4-5-11(17)10(6-9)16(18,19)20/h4-6,21H,1-3H3,(H,22,23). The number of methoxy groups -OCH3 is 1. The maximum absolute atomic E-state index is 12.9. The number of aromatic amines is 1. The molecule has 0 bridgehead atoms. The summed E-state index contributed by atoms with van der Waals surface area (Å²) in [4.78, 5) is 26.8.